The maximum absolute atomic E-state index is 12.4. The number of carbonyl (C=O) groups excluding carboxylic acids is 1. The fraction of sp³-hybridized carbons (Fsp3) is 0.611. The van der Waals surface area contributed by atoms with E-state index in [-0.39, 0.29) is 17.0 Å². The number of hydrazine groups is 1. The fourth-order valence-corrected chi connectivity index (χ4v) is 3.21. The first-order valence-electron chi connectivity index (χ1n) is 8.47. The monoisotopic (exact) mass is 358 g/mol. The normalized spacial score (nSPS) is 21.7. The molecule has 140 valence electrons. The molecular weight excluding hydrogens is 333 g/mol. The van der Waals surface area contributed by atoms with Crippen LogP contribution in [-0.2, 0) is 0 Å². The van der Waals surface area contributed by atoms with E-state index in [0.29, 0.717) is 5.92 Å². The summed E-state index contributed by atoms with van der Waals surface area (Å²) in [4.78, 5) is 12.2. The molecule has 0 bridgehead atoms. The number of para-hydroxylation sites is 1. The van der Waals surface area contributed by atoms with Crippen LogP contribution in [0, 0.1) is 11.3 Å². The third-order valence-corrected chi connectivity index (χ3v) is 4.70. The lowest BCUT2D eigenvalue weighted by molar-refractivity contribution is -0.274. The minimum atomic E-state index is -4.84. The molecule has 25 heavy (non-hydrogen) atoms. The minimum absolute atomic E-state index is 0.123. The van der Waals surface area contributed by atoms with Gasteiger partial charge in [-0.15, -0.1) is 13.2 Å². The molecule has 1 aliphatic carbocycles. The lowest BCUT2D eigenvalue weighted by Gasteiger charge is -2.37. The van der Waals surface area contributed by atoms with E-state index in [1.807, 2.05) is 0 Å². The van der Waals surface area contributed by atoms with Gasteiger partial charge in [0.1, 0.15) is 5.75 Å². The van der Waals surface area contributed by atoms with Gasteiger partial charge in [-0.05, 0) is 49.1 Å². The Labute approximate surface area is 146 Å². The van der Waals surface area contributed by atoms with Crippen molar-refractivity contribution in [2.45, 2.75) is 58.9 Å². The molecule has 7 heteroatoms. The van der Waals surface area contributed by atoms with Gasteiger partial charge in [-0.25, -0.2) is 5.43 Å². The van der Waals surface area contributed by atoms with Crippen LogP contribution >= 0.6 is 0 Å². The van der Waals surface area contributed by atoms with Crippen LogP contribution in [0.3, 0.4) is 0 Å². The smallest absolute Gasteiger partial charge is 0.405 e. The quantitative estimate of drug-likeness (QED) is 0.783. The highest BCUT2D eigenvalue weighted by Crippen LogP contribution is 2.37. The van der Waals surface area contributed by atoms with Crippen LogP contribution in [0.15, 0.2) is 24.3 Å². The highest BCUT2D eigenvalue weighted by molar-refractivity contribution is 5.96. The van der Waals surface area contributed by atoms with Crippen molar-refractivity contribution >= 4 is 5.91 Å². The summed E-state index contributed by atoms with van der Waals surface area (Å²) in [5.74, 6) is -0.509. The van der Waals surface area contributed by atoms with Crippen LogP contribution in [0.4, 0.5) is 13.2 Å². The summed E-state index contributed by atoms with van der Waals surface area (Å²) in [7, 11) is 0. The van der Waals surface area contributed by atoms with Gasteiger partial charge in [0, 0.05) is 6.04 Å². The van der Waals surface area contributed by atoms with Crippen LogP contribution in [0.25, 0.3) is 0 Å². The summed E-state index contributed by atoms with van der Waals surface area (Å²) >= 11 is 0. The highest BCUT2D eigenvalue weighted by Gasteiger charge is 2.33. The minimum Gasteiger partial charge on any atom is -0.405 e. The summed E-state index contributed by atoms with van der Waals surface area (Å²) in [6, 6.07) is 5.43. The molecule has 1 amide bonds. The largest absolute Gasteiger partial charge is 0.573 e. The molecule has 1 aromatic rings. The Morgan fingerprint density at radius 1 is 1.08 bits per heavy atom. The van der Waals surface area contributed by atoms with Crippen LogP contribution in [0.5, 0.6) is 5.75 Å². The Morgan fingerprint density at radius 2 is 1.68 bits per heavy atom. The van der Waals surface area contributed by atoms with Crippen molar-refractivity contribution in [1.29, 1.82) is 0 Å². The van der Waals surface area contributed by atoms with Crippen LogP contribution in [-0.4, -0.2) is 18.3 Å². The lowest BCUT2D eigenvalue weighted by Crippen LogP contribution is -2.46. The highest BCUT2D eigenvalue weighted by atomic mass is 19.4. The molecular formula is C18H25F3N2O2. The fourth-order valence-electron chi connectivity index (χ4n) is 3.21. The van der Waals surface area contributed by atoms with Crippen molar-refractivity contribution in [2.24, 2.45) is 11.3 Å². The first-order valence-corrected chi connectivity index (χ1v) is 8.47. The number of nitrogens with one attached hydrogen (secondary N) is 2. The molecule has 1 aliphatic rings. The van der Waals surface area contributed by atoms with E-state index >= 15 is 0 Å². The summed E-state index contributed by atoms with van der Waals surface area (Å²) in [6.45, 7) is 6.68. The number of hydrogen-bond donors (Lipinski definition) is 2. The van der Waals surface area contributed by atoms with Gasteiger partial charge in [0.25, 0.3) is 5.91 Å². The standard InChI is InChI=1S/C18H25F3N2O2/c1-17(2,3)12-8-10-13(11-9-12)22-23-16(24)14-6-4-5-7-15(14)25-18(19,20)21/h4-7,12-13,22H,8-11H2,1-3H3,(H,23,24). The molecule has 1 saturated carbocycles. The zero-order valence-electron chi connectivity index (χ0n) is 14.7. The van der Waals surface area contributed by atoms with Crippen molar-refractivity contribution in [3.63, 3.8) is 0 Å². The first kappa shape index (κ1) is 19.6. The van der Waals surface area contributed by atoms with E-state index in [4.69, 9.17) is 0 Å². The lowest BCUT2D eigenvalue weighted by atomic mass is 9.71. The second kappa shape index (κ2) is 7.64. The molecule has 0 aromatic heterocycles. The van der Waals surface area contributed by atoms with E-state index in [2.05, 4.69) is 36.4 Å². The topological polar surface area (TPSA) is 50.4 Å². The van der Waals surface area contributed by atoms with Crippen LogP contribution in [0.2, 0.25) is 0 Å². The number of benzene rings is 1. The Kier molecular flexibility index (Phi) is 5.98. The molecule has 4 nitrogen and oxygen atoms in total. The van der Waals surface area contributed by atoms with Crippen molar-refractivity contribution < 1.29 is 22.7 Å². The van der Waals surface area contributed by atoms with Gasteiger partial charge in [-0.3, -0.25) is 10.2 Å². The molecule has 0 heterocycles. The number of ether oxygens (including phenoxy) is 1. The average molecular weight is 358 g/mol. The SMILES string of the molecule is CC(C)(C)C1CCC(NNC(=O)c2ccccc2OC(F)(F)F)CC1. The maximum atomic E-state index is 12.4. The Balaban J connectivity index is 1.90. The Hall–Kier alpha value is -1.76. The van der Waals surface area contributed by atoms with E-state index < -0.39 is 18.0 Å². The molecule has 0 saturated heterocycles. The molecule has 0 atom stereocenters. The van der Waals surface area contributed by atoms with Crippen LogP contribution in [0.1, 0.15) is 56.8 Å². The Bertz CT molecular complexity index is 589. The maximum Gasteiger partial charge on any atom is 0.573 e. The number of amides is 1. The van der Waals surface area contributed by atoms with Gasteiger partial charge >= 0.3 is 6.36 Å². The van der Waals surface area contributed by atoms with Crippen molar-refractivity contribution in [2.75, 3.05) is 0 Å². The number of carbonyl (C=O) groups is 1. The number of halogens is 3. The van der Waals surface area contributed by atoms with Gasteiger partial charge in [-0.1, -0.05) is 32.9 Å². The predicted molar refractivity (Wildman–Crippen MR) is 88.9 cm³/mol. The molecule has 1 fully saturated rings. The van der Waals surface area contributed by atoms with Gasteiger partial charge in [0.05, 0.1) is 5.56 Å². The zero-order valence-corrected chi connectivity index (χ0v) is 14.7. The summed E-state index contributed by atoms with van der Waals surface area (Å²) in [5.41, 5.74) is 5.57. The van der Waals surface area contributed by atoms with Gasteiger partial charge < -0.3 is 4.74 Å². The first-order chi connectivity index (χ1) is 11.6. The van der Waals surface area contributed by atoms with Gasteiger partial charge in [0.15, 0.2) is 0 Å². The molecule has 2 rings (SSSR count). The van der Waals surface area contributed by atoms with E-state index in [1.54, 1.807) is 0 Å². The number of rotatable bonds is 4. The summed E-state index contributed by atoms with van der Waals surface area (Å²) in [5, 5.41) is 0. The van der Waals surface area contributed by atoms with Crippen LogP contribution < -0.4 is 15.6 Å². The molecule has 0 spiro atoms. The zero-order chi connectivity index (χ0) is 18.7. The van der Waals surface area contributed by atoms with Gasteiger partial charge in [0.2, 0.25) is 0 Å². The molecule has 0 aliphatic heterocycles. The van der Waals surface area contributed by atoms with Crippen molar-refractivity contribution in [3.8, 4) is 5.75 Å². The predicted octanol–water partition coefficient (Wildman–Crippen LogP) is 4.42. The molecule has 2 N–H and O–H groups in total. The third kappa shape index (κ3) is 5.92. The second-order valence-electron chi connectivity index (χ2n) is 7.56. The van der Waals surface area contributed by atoms with E-state index in [0.717, 1.165) is 31.7 Å². The molecule has 0 radical (unpaired) electrons. The van der Waals surface area contributed by atoms with Gasteiger partial charge in [-0.2, -0.15) is 0 Å². The van der Waals surface area contributed by atoms with E-state index in [9.17, 15) is 18.0 Å². The second-order valence-corrected chi connectivity index (χ2v) is 7.56. The van der Waals surface area contributed by atoms with E-state index in [1.165, 1.54) is 18.2 Å². The van der Waals surface area contributed by atoms with Crippen molar-refractivity contribution in [1.82, 2.24) is 10.9 Å². The molecule has 1 aromatic carbocycles. The number of hydrogen-bond acceptors (Lipinski definition) is 3. The average Bonchev–Trinajstić information content (AvgIpc) is 2.51. The Morgan fingerprint density at radius 3 is 2.24 bits per heavy atom. The van der Waals surface area contributed by atoms with Crippen molar-refractivity contribution in [3.05, 3.63) is 29.8 Å². The summed E-state index contributed by atoms with van der Waals surface area (Å²) in [6.07, 6.45) is -0.878. The molecule has 0 unspecified atom stereocenters. The third-order valence-electron chi connectivity index (χ3n) is 4.70. The summed E-state index contributed by atoms with van der Waals surface area (Å²) < 4.78 is 41.2. The number of alkyl halides is 3.